The van der Waals surface area contributed by atoms with Crippen molar-refractivity contribution in [3.63, 3.8) is 0 Å². The molecular weight excluding hydrogens is 424 g/mol. The Morgan fingerprint density at radius 1 is 1.04 bits per heavy atom. The SMILES string of the molecule is Cc1cc(C=CC(c2cc(Cl)c(Cl)c(Cl)c2)C(F)(F)F)cc(C)c1C(=O)O. The van der Waals surface area contributed by atoms with Gasteiger partial charge in [0.15, 0.2) is 0 Å². The van der Waals surface area contributed by atoms with Crippen LogP contribution in [0.25, 0.3) is 6.08 Å². The zero-order valence-electron chi connectivity index (χ0n) is 14.2. The van der Waals surface area contributed by atoms with Gasteiger partial charge in [-0.05, 0) is 48.2 Å². The molecule has 0 aliphatic rings. The van der Waals surface area contributed by atoms with Gasteiger partial charge in [0.05, 0.1) is 26.5 Å². The van der Waals surface area contributed by atoms with Gasteiger partial charge in [0.2, 0.25) is 0 Å². The number of carboxylic acid groups (broad SMARTS) is 1. The van der Waals surface area contributed by atoms with Gasteiger partial charge in [0.25, 0.3) is 0 Å². The van der Waals surface area contributed by atoms with Gasteiger partial charge in [-0.2, -0.15) is 13.2 Å². The van der Waals surface area contributed by atoms with Crippen molar-refractivity contribution in [2.24, 2.45) is 0 Å². The monoisotopic (exact) mass is 436 g/mol. The van der Waals surface area contributed by atoms with E-state index < -0.39 is 18.1 Å². The average molecular weight is 438 g/mol. The Bertz CT molecular complexity index is 875. The zero-order valence-corrected chi connectivity index (χ0v) is 16.4. The first-order chi connectivity index (χ1) is 12.4. The molecule has 0 saturated heterocycles. The Kier molecular flexibility index (Phi) is 6.51. The number of rotatable bonds is 4. The third kappa shape index (κ3) is 4.98. The van der Waals surface area contributed by atoms with Crippen molar-refractivity contribution in [1.82, 2.24) is 0 Å². The number of allylic oxidation sites excluding steroid dienone is 1. The molecule has 0 spiro atoms. The number of halogens is 6. The molecular formula is C19H14Cl3F3O2. The number of benzene rings is 2. The number of alkyl halides is 3. The normalized spacial score (nSPS) is 13.2. The third-order valence-electron chi connectivity index (χ3n) is 3.97. The fourth-order valence-corrected chi connectivity index (χ4v) is 3.41. The molecule has 0 aromatic heterocycles. The number of hydrogen-bond acceptors (Lipinski definition) is 1. The van der Waals surface area contributed by atoms with Crippen LogP contribution in [0.5, 0.6) is 0 Å². The van der Waals surface area contributed by atoms with E-state index in [0.29, 0.717) is 16.7 Å². The Labute approximate surface area is 169 Å². The number of carboxylic acids is 1. The predicted molar refractivity (Wildman–Crippen MR) is 102 cm³/mol. The molecule has 0 bridgehead atoms. The maximum atomic E-state index is 13.6. The summed E-state index contributed by atoms with van der Waals surface area (Å²) >= 11 is 17.5. The van der Waals surface area contributed by atoms with Gasteiger partial charge in [-0.15, -0.1) is 0 Å². The summed E-state index contributed by atoms with van der Waals surface area (Å²) in [6.07, 6.45) is -2.31. The molecule has 0 amide bonds. The first-order valence-electron chi connectivity index (χ1n) is 7.65. The van der Waals surface area contributed by atoms with Gasteiger partial charge >= 0.3 is 12.1 Å². The molecule has 0 heterocycles. The Hall–Kier alpha value is -1.69. The highest BCUT2D eigenvalue weighted by Crippen LogP contribution is 2.41. The second-order valence-electron chi connectivity index (χ2n) is 6.01. The van der Waals surface area contributed by atoms with E-state index in [1.165, 1.54) is 18.2 Å². The van der Waals surface area contributed by atoms with Crippen LogP contribution in [-0.2, 0) is 0 Å². The van der Waals surface area contributed by atoms with E-state index in [1.54, 1.807) is 13.8 Å². The number of aromatic carboxylic acids is 1. The van der Waals surface area contributed by atoms with Crippen LogP contribution in [-0.4, -0.2) is 17.3 Å². The highest BCUT2D eigenvalue weighted by Gasteiger charge is 2.39. The van der Waals surface area contributed by atoms with E-state index in [4.69, 9.17) is 34.8 Å². The Balaban J connectivity index is 2.48. The van der Waals surface area contributed by atoms with Crippen LogP contribution < -0.4 is 0 Å². The maximum Gasteiger partial charge on any atom is 0.399 e. The Morgan fingerprint density at radius 2 is 1.52 bits per heavy atom. The van der Waals surface area contributed by atoms with Crippen molar-refractivity contribution < 1.29 is 23.1 Å². The van der Waals surface area contributed by atoms with Gasteiger partial charge in [-0.3, -0.25) is 0 Å². The highest BCUT2D eigenvalue weighted by molar-refractivity contribution is 6.48. The topological polar surface area (TPSA) is 37.3 Å². The van der Waals surface area contributed by atoms with Crippen LogP contribution in [0.4, 0.5) is 13.2 Å². The van der Waals surface area contributed by atoms with Gasteiger partial charge < -0.3 is 5.11 Å². The molecule has 2 aromatic carbocycles. The average Bonchev–Trinajstić information content (AvgIpc) is 2.50. The van der Waals surface area contributed by atoms with Crippen molar-refractivity contribution >= 4 is 46.8 Å². The van der Waals surface area contributed by atoms with E-state index in [9.17, 15) is 23.1 Å². The molecule has 144 valence electrons. The fourth-order valence-electron chi connectivity index (χ4n) is 2.80. The first kappa shape index (κ1) is 21.6. The lowest BCUT2D eigenvalue weighted by atomic mass is 9.95. The smallest absolute Gasteiger partial charge is 0.399 e. The summed E-state index contributed by atoms with van der Waals surface area (Å²) in [5.74, 6) is -3.04. The second-order valence-corrected chi connectivity index (χ2v) is 7.20. The van der Waals surface area contributed by atoms with Crippen LogP contribution in [0.2, 0.25) is 15.1 Å². The van der Waals surface area contributed by atoms with Crippen LogP contribution >= 0.6 is 34.8 Å². The molecule has 1 N–H and O–H groups in total. The van der Waals surface area contributed by atoms with Gasteiger partial charge in [0, 0.05) is 0 Å². The number of hydrogen-bond donors (Lipinski definition) is 1. The summed E-state index contributed by atoms with van der Waals surface area (Å²) in [6.45, 7) is 3.18. The summed E-state index contributed by atoms with van der Waals surface area (Å²) in [4.78, 5) is 11.2. The highest BCUT2D eigenvalue weighted by atomic mass is 35.5. The van der Waals surface area contributed by atoms with E-state index >= 15 is 0 Å². The van der Waals surface area contributed by atoms with Crippen molar-refractivity contribution in [2.45, 2.75) is 25.9 Å². The van der Waals surface area contributed by atoms with Gasteiger partial charge in [-0.25, -0.2) is 4.79 Å². The van der Waals surface area contributed by atoms with Crippen LogP contribution in [0.3, 0.4) is 0 Å². The lowest BCUT2D eigenvalue weighted by Crippen LogP contribution is -2.19. The summed E-state index contributed by atoms with van der Waals surface area (Å²) in [5, 5.41) is 9.03. The van der Waals surface area contributed by atoms with E-state index in [1.807, 2.05) is 0 Å². The van der Waals surface area contributed by atoms with E-state index in [0.717, 1.165) is 18.2 Å². The largest absolute Gasteiger partial charge is 0.478 e. The molecule has 8 heteroatoms. The maximum absolute atomic E-state index is 13.6. The van der Waals surface area contributed by atoms with Crippen molar-refractivity contribution in [3.8, 4) is 0 Å². The summed E-state index contributed by atoms with van der Waals surface area (Å²) < 4.78 is 40.7. The standard InChI is InChI=1S/C19H14Cl3F3O2/c1-9-5-11(6-10(2)16(9)18(26)27)3-4-13(19(23,24)25)12-7-14(20)17(22)15(21)8-12/h3-8,13H,1-2H3,(H,26,27). The van der Waals surface area contributed by atoms with Crippen LogP contribution in [0.1, 0.15) is 38.5 Å². The molecule has 1 atom stereocenters. The zero-order chi connectivity index (χ0) is 20.5. The quantitative estimate of drug-likeness (QED) is 0.509. The molecule has 2 aromatic rings. The molecule has 2 nitrogen and oxygen atoms in total. The predicted octanol–water partition coefficient (Wildman–Crippen LogP) is 7.32. The molecule has 1 unspecified atom stereocenters. The van der Waals surface area contributed by atoms with E-state index in [-0.39, 0.29) is 26.2 Å². The minimum absolute atomic E-state index is 0.0116. The van der Waals surface area contributed by atoms with Crippen molar-refractivity contribution in [2.75, 3.05) is 0 Å². The van der Waals surface area contributed by atoms with Gasteiger partial charge in [-0.1, -0.05) is 59.1 Å². The second kappa shape index (κ2) is 8.13. The minimum Gasteiger partial charge on any atom is -0.478 e. The summed E-state index contributed by atoms with van der Waals surface area (Å²) in [6, 6.07) is 5.29. The molecule has 27 heavy (non-hydrogen) atoms. The first-order valence-corrected chi connectivity index (χ1v) is 8.79. The molecule has 0 aliphatic carbocycles. The lowest BCUT2D eigenvalue weighted by Gasteiger charge is -2.18. The lowest BCUT2D eigenvalue weighted by molar-refractivity contribution is -0.139. The number of carbonyl (C=O) groups is 1. The van der Waals surface area contributed by atoms with Crippen molar-refractivity contribution in [1.29, 1.82) is 0 Å². The summed E-state index contributed by atoms with van der Waals surface area (Å²) in [7, 11) is 0. The van der Waals surface area contributed by atoms with Crippen LogP contribution in [0, 0.1) is 13.8 Å². The molecule has 0 aliphatic heterocycles. The summed E-state index contributed by atoms with van der Waals surface area (Å²) in [5.41, 5.74) is 1.37. The van der Waals surface area contributed by atoms with Gasteiger partial charge in [0.1, 0.15) is 0 Å². The van der Waals surface area contributed by atoms with E-state index in [2.05, 4.69) is 0 Å². The third-order valence-corrected chi connectivity index (χ3v) is 5.16. The van der Waals surface area contributed by atoms with Crippen LogP contribution in [0.15, 0.2) is 30.3 Å². The molecule has 2 rings (SSSR count). The number of aryl methyl sites for hydroxylation is 2. The molecule has 0 fully saturated rings. The minimum atomic E-state index is -4.58. The Morgan fingerprint density at radius 3 is 1.93 bits per heavy atom. The molecule has 0 radical (unpaired) electrons. The van der Waals surface area contributed by atoms with Crippen molar-refractivity contribution in [3.05, 3.63) is 73.2 Å². The molecule has 0 saturated carbocycles. The fraction of sp³-hybridized carbons (Fsp3) is 0.211.